The monoisotopic (exact) mass is 768 g/mol. The summed E-state index contributed by atoms with van der Waals surface area (Å²) in [6.45, 7) is 6.36. The van der Waals surface area contributed by atoms with Gasteiger partial charge in [0.1, 0.15) is 16.8 Å². The zero-order valence-corrected chi connectivity index (χ0v) is 32.8. The van der Waals surface area contributed by atoms with Crippen LogP contribution in [0.2, 0.25) is 0 Å². The molecule has 0 N–H and O–H groups in total. The molecule has 0 bridgehead atoms. The zero-order chi connectivity index (χ0) is 39.9. The van der Waals surface area contributed by atoms with Crippen LogP contribution in [0.15, 0.2) is 187 Å². The van der Waals surface area contributed by atoms with Gasteiger partial charge in [0.05, 0.1) is 22.1 Å². The normalized spacial score (nSPS) is 12.1. The molecular formula is C55H36N4O. The van der Waals surface area contributed by atoms with Gasteiger partial charge in [0.2, 0.25) is 5.95 Å². The largest absolute Gasteiger partial charge is 0.452 e. The fourth-order valence-electron chi connectivity index (χ4n) is 9.31. The highest BCUT2D eigenvalue weighted by atomic mass is 16.3. The Morgan fingerprint density at radius 2 is 1.25 bits per heavy atom. The summed E-state index contributed by atoms with van der Waals surface area (Å²) in [6, 6.07) is 60.1. The lowest BCUT2D eigenvalue weighted by Gasteiger charge is -2.11. The number of benzene rings is 8. The summed E-state index contributed by atoms with van der Waals surface area (Å²) in [4.78, 5) is 11.1. The first-order valence-electron chi connectivity index (χ1n) is 20.3. The van der Waals surface area contributed by atoms with E-state index < -0.39 is 0 Å². The minimum absolute atomic E-state index is 0.568. The van der Waals surface area contributed by atoms with E-state index in [1.807, 2.05) is 19.1 Å². The van der Waals surface area contributed by atoms with E-state index in [0.717, 1.165) is 93.9 Å². The highest BCUT2D eigenvalue weighted by molar-refractivity contribution is 6.17. The van der Waals surface area contributed by atoms with Crippen molar-refractivity contribution in [2.75, 3.05) is 0 Å². The first-order valence-corrected chi connectivity index (χ1v) is 20.3. The zero-order valence-electron chi connectivity index (χ0n) is 32.8. The number of aromatic nitrogens is 4. The molecule has 12 aromatic rings. The van der Waals surface area contributed by atoms with Gasteiger partial charge in [-0.1, -0.05) is 140 Å². The average Bonchev–Trinajstić information content (AvgIpc) is 3.95. The summed E-state index contributed by atoms with van der Waals surface area (Å²) in [5.41, 5.74) is 13.6. The van der Waals surface area contributed by atoms with Crippen molar-refractivity contribution >= 4 is 88.6 Å². The maximum Gasteiger partial charge on any atom is 0.236 e. The predicted octanol–water partition coefficient (Wildman–Crippen LogP) is 14.7. The fourth-order valence-corrected chi connectivity index (χ4v) is 9.31. The van der Waals surface area contributed by atoms with Crippen LogP contribution in [0, 0.1) is 0 Å². The third kappa shape index (κ3) is 5.06. The summed E-state index contributed by atoms with van der Waals surface area (Å²) >= 11 is 0. The van der Waals surface area contributed by atoms with Gasteiger partial charge in [-0.3, -0.25) is 4.57 Å². The fraction of sp³-hybridized carbons (Fsp3) is 0.0182. The molecule has 8 aromatic carbocycles. The summed E-state index contributed by atoms with van der Waals surface area (Å²) in [6.07, 6.45) is 6.20. The number of rotatable bonds is 6. The van der Waals surface area contributed by atoms with E-state index in [9.17, 15) is 0 Å². The van der Waals surface area contributed by atoms with Crippen LogP contribution in [0.1, 0.15) is 18.1 Å². The van der Waals surface area contributed by atoms with Gasteiger partial charge in [-0.2, -0.15) is 0 Å². The molecule has 5 heteroatoms. The molecule has 4 aromatic heterocycles. The van der Waals surface area contributed by atoms with E-state index >= 15 is 0 Å². The van der Waals surface area contributed by atoms with Crippen LogP contribution in [-0.2, 0) is 0 Å². The van der Waals surface area contributed by atoms with Gasteiger partial charge in [-0.05, 0) is 94.5 Å². The van der Waals surface area contributed by atoms with Crippen molar-refractivity contribution in [2.45, 2.75) is 6.92 Å². The average molecular weight is 769 g/mol. The molecule has 0 saturated heterocycles. The molecule has 0 aliphatic rings. The maximum absolute atomic E-state index is 6.84. The van der Waals surface area contributed by atoms with E-state index in [-0.39, 0.29) is 0 Å². The molecule has 0 aliphatic carbocycles. The van der Waals surface area contributed by atoms with Crippen molar-refractivity contribution in [3.63, 3.8) is 0 Å². The number of hydrogen-bond donors (Lipinski definition) is 0. The highest BCUT2D eigenvalue weighted by Gasteiger charge is 2.24. The molecule has 12 rings (SSSR count). The van der Waals surface area contributed by atoms with Crippen molar-refractivity contribution < 1.29 is 4.42 Å². The molecule has 282 valence electrons. The Morgan fingerprint density at radius 3 is 2.07 bits per heavy atom. The highest BCUT2D eigenvalue weighted by Crippen LogP contribution is 2.42. The quantitative estimate of drug-likeness (QED) is 0.169. The smallest absolute Gasteiger partial charge is 0.236 e. The molecule has 0 saturated carbocycles. The van der Waals surface area contributed by atoms with Crippen molar-refractivity contribution in [3.8, 4) is 34.0 Å². The van der Waals surface area contributed by atoms with Crippen molar-refractivity contribution in [1.29, 1.82) is 0 Å². The minimum atomic E-state index is 0.568. The Bertz CT molecular complexity index is 3740. The van der Waals surface area contributed by atoms with Crippen LogP contribution in [0.3, 0.4) is 0 Å². The second-order valence-electron chi connectivity index (χ2n) is 15.4. The van der Waals surface area contributed by atoms with Gasteiger partial charge < -0.3 is 8.98 Å². The Hall–Kier alpha value is -8.02. The summed E-state index contributed by atoms with van der Waals surface area (Å²) in [5.74, 6) is 0.568. The Labute approximate surface area is 345 Å². The van der Waals surface area contributed by atoms with Gasteiger partial charge >= 0.3 is 0 Å². The Morgan fingerprint density at radius 1 is 0.533 bits per heavy atom. The number of para-hydroxylation sites is 2. The van der Waals surface area contributed by atoms with E-state index in [4.69, 9.17) is 14.4 Å². The van der Waals surface area contributed by atoms with Gasteiger partial charge in [0.25, 0.3) is 0 Å². The molecule has 0 amide bonds. The SMILES string of the molecule is C=Cc1c(/C=C\C)ccc2c1c1cc3ccccc3cc1n2-c1nc(-c2ccc3c4ccccc4n(-c4ccccc4)c3c2)c2oc3ccc(-c4ccccc4)cc3c2n1. The summed E-state index contributed by atoms with van der Waals surface area (Å²) < 4.78 is 11.4. The van der Waals surface area contributed by atoms with Crippen molar-refractivity contribution in [2.24, 2.45) is 0 Å². The van der Waals surface area contributed by atoms with E-state index in [1.54, 1.807) is 0 Å². The number of furan rings is 1. The number of hydrogen-bond acceptors (Lipinski definition) is 3. The first-order chi connectivity index (χ1) is 29.7. The van der Waals surface area contributed by atoms with Gasteiger partial charge in [-0.25, -0.2) is 9.97 Å². The van der Waals surface area contributed by atoms with Crippen molar-refractivity contribution in [1.82, 2.24) is 19.1 Å². The minimum Gasteiger partial charge on any atom is -0.452 e. The van der Waals surface area contributed by atoms with Crippen LogP contribution in [0.5, 0.6) is 0 Å². The molecule has 0 atom stereocenters. The molecule has 0 fully saturated rings. The molecule has 0 radical (unpaired) electrons. The van der Waals surface area contributed by atoms with Crippen LogP contribution in [0.4, 0.5) is 0 Å². The van der Waals surface area contributed by atoms with Gasteiger partial charge in [0, 0.05) is 38.2 Å². The third-order valence-electron chi connectivity index (χ3n) is 12.0. The number of allylic oxidation sites excluding steroid dienone is 1. The third-order valence-corrected chi connectivity index (χ3v) is 12.0. The number of nitrogens with zero attached hydrogens (tertiary/aromatic N) is 4. The van der Waals surface area contributed by atoms with Crippen LogP contribution in [-0.4, -0.2) is 19.1 Å². The Kier molecular flexibility index (Phi) is 7.53. The topological polar surface area (TPSA) is 48.8 Å². The van der Waals surface area contributed by atoms with E-state index in [2.05, 4.69) is 192 Å². The molecule has 4 heterocycles. The summed E-state index contributed by atoms with van der Waals surface area (Å²) in [7, 11) is 0. The predicted molar refractivity (Wildman–Crippen MR) is 251 cm³/mol. The molecule has 5 nitrogen and oxygen atoms in total. The standard InChI is InChI=1S/C55H36N4O/c1-3-15-35-25-28-47-51(41(35)4-2)44-30-36-18-11-12-19-37(36)32-49(44)59(47)55-56-52(54-53(57-55)45-31-38(26-29-50(45)60-54)34-16-7-5-8-17-34)39-24-27-43-42-22-13-14-23-46(42)58(48(43)33-39)40-20-9-6-10-21-40/h3-33H,2H2,1H3/b15-3-. The second-order valence-corrected chi connectivity index (χ2v) is 15.4. The number of fused-ring (bicyclic) bond motifs is 10. The first kappa shape index (κ1) is 34.1. The summed E-state index contributed by atoms with van der Waals surface area (Å²) in [5, 5.41) is 7.85. The van der Waals surface area contributed by atoms with Gasteiger partial charge in [0.15, 0.2) is 5.58 Å². The Balaban J connectivity index is 1.21. The molecule has 0 unspecified atom stereocenters. The van der Waals surface area contributed by atoms with Crippen molar-refractivity contribution in [3.05, 3.63) is 194 Å². The van der Waals surface area contributed by atoms with Crippen LogP contribution < -0.4 is 0 Å². The van der Waals surface area contributed by atoms with E-state index in [1.165, 1.54) is 16.2 Å². The maximum atomic E-state index is 6.84. The lowest BCUT2D eigenvalue weighted by atomic mass is 9.99. The molecular weight excluding hydrogens is 733 g/mol. The molecule has 60 heavy (non-hydrogen) atoms. The second kappa shape index (κ2) is 13.3. The lowest BCUT2D eigenvalue weighted by Crippen LogP contribution is -2.03. The van der Waals surface area contributed by atoms with Crippen LogP contribution in [0.25, 0.3) is 123 Å². The van der Waals surface area contributed by atoms with Crippen LogP contribution >= 0.6 is 0 Å². The van der Waals surface area contributed by atoms with E-state index in [0.29, 0.717) is 11.5 Å². The molecule has 0 aliphatic heterocycles. The molecule has 0 spiro atoms. The van der Waals surface area contributed by atoms with Gasteiger partial charge in [-0.15, -0.1) is 0 Å². The lowest BCUT2D eigenvalue weighted by molar-refractivity contribution is 0.666.